The quantitative estimate of drug-likeness (QED) is 0.160. The minimum absolute atomic E-state index is 0.0880. The van der Waals surface area contributed by atoms with Crippen LogP contribution in [0.3, 0.4) is 0 Å². The molecule has 39 heavy (non-hydrogen) atoms. The Balaban J connectivity index is 1.27. The number of aryl methyl sites for hydroxylation is 1. The molecule has 8 heteroatoms. The van der Waals surface area contributed by atoms with Crippen LogP contribution in [0.1, 0.15) is 121 Å². The van der Waals surface area contributed by atoms with Crippen molar-refractivity contribution in [2.45, 2.75) is 123 Å². The molecule has 6 nitrogen and oxygen atoms in total. The number of hydrogen-bond acceptors (Lipinski definition) is 6. The molecule has 1 aromatic carbocycles. The summed E-state index contributed by atoms with van der Waals surface area (Å²) in [6.45, 7) is 8.16. The Bertz CT molecular complexity index is 1040. The number of aromatic nitrogens is 2. The van der Waals surface area contributed by atoms with Crippen molar-refractivity contribution in [1.82, 2.24) is 13.7 Å². The zero-order valence-corrected chi connectivity index (χ0v) is 26.4. The molecule has 2 heterocycles. The third-order valence-corrected chi connectivity index (χ3v) is 10.6. The largest absolute Gasteiger partial charge is 0.342 e. The molecule has 0 amide bonds. The fourth-order valence-corrected chi connectivity index (χ4v) is 7.84. The van der Waals surface area contributed by atoms with Gasteiger partial charge >= 0.3 is 0 Å². The lowest BCUT2D eigenvalue weighted by molar-refractivity contribution is 0.341. The molecule has 1 fully saturated rings. The highest BCUT2D eigenvalue weighted by Gasteiger charge is 2.32. The Kier molecular flexibility index (Phi) is 14.2. The standard InChI is InChI=1S/C31H52N4O2S2/c1-4-5-6-7-8-9-10-11-12-13-14-15-16-17-24-39(36,37)34-22-23-35(28(3)26-34)31-32-30(33-38-31)25-29-20-18-27(2)19-21-29/h18-21,28H,4-17,22-26H2,1-3H3. The summed E-state index contributed by atoms with van der Waals surface area (Å²) in [5, 5.41) is 0.897. The topological polar surface area (TPSA) is 66.4 Å². The fourth-order valence-electron chi connectivity index (χ4n) is 5.39. The van der Waals surface area contributed by atoms with Crippen LogP contribution in [0.4, 0.5) is 5.13 Å². The lowest BCUT2D eigenvalue weighted by Gasteiger charge is -2.38. The van der Waals surface area contributed by atoms with Gasteiger partial charge in [-0.05, 0) is 25.8 Å². The van der Waals surface area contributed by atoms with E-state index in [9.17, 15) is 8.42 Å². The first kappa shape index (κ1) is 32.0. The molecular weight excluding hydrogens is 525 g/mol. The molecule has 0 aliphatic carbocycles. The average Bonchev–Trinajstić information content (AvgIpc) is 3.38. The number of benzene rings is 1. The lowest BCUT2D eigenvalue weighted by atomic mass is 10.0. The van der Waals surface area contributed by atoms with Crippen molar-refractivity contribution in [3.05, 3.63) is 41.2 Å². The normalized spacial score (nSPS) is 16.7. The molecule has 220 valence electrons. The summed E-state index contributed by atoms with van der Waals surface area (Å²) in [6, 6.07) is 8.57. The van der Waals surface area contributed by atoms with Crippen LogP contribution < -0.4 is 4.90 Å². The highest BCUT2D eigenvalue weighted by Crippen LogP contribution is 2.25. The van der Waals surface area contributed by atoms with E-state index in [0.29, 0.717) is 19.6 Å². The summed E-state index contributed by atoms with van der Waals surface area (Å²) in [5.74, 6) is 1.11. The highest BCUT2D eigenvalue weighted by molar-refractivity contribution is 7.89. The van der Waals surface area contributed by atoms with E-state index in [1.54, 1.807) is 4.31 Å². The number of anilines is 1. The van der Waals surface area contributed by atoms with E-state index < -0.39 is 10.0 Å². The monoisotopic (exact) mass is 576 g/mol. The molecule has 1 unspecified atom stereocenters. The third kappa shape index (κ3) is 11.5. The van der Waals surface area contributed by atoms with E-state index in [0.717, 1.165) is 36.6 Å². The predicted molar refractivity (Wildman–Crippen MR) is 166 cm³/mol. The van der Waals surface area contributed by atoms with E-state index in [2.05, 4.69) is 54.3 Å². The Labute approximate surface area is 242 Å². The zero-order chi connectivity index (χ0) is 27.9. The summed E-state index contributed by atoms with van der Waals surface area (Å²) < 4.78 is 32.3. The molecule has 1 saturated heterocycles. The second-order valence-electron chi connectivity index (χ2n) is 11.5. The molecule has 1 atom stereocenters. The van der Waals surface area contributed by atoms with Gasteiger partial charge in [0.15, 0.2) is 0 Å². The van der Waals surface area contributed by atoms with Gasteiger partial charge in [-0.1, -0.05) is 120 Å². The molecule has 1 aromatic heterocycles. The molecule has 2 aromatic rings. The summed E-state index contributed by atoms with van der Waals surface area (Å²) in [7, 11) is -3.20. The van der Waals surface area contributed by atoms with Gasteiger partial charge in [-0.15, -0.1) is 0 Å². The van der Waals surface area contributed by atoms with Crippen molar-refractivity contribution in [2.24, 2.45) is 0 Å². The number of unbranched alkanes of at least 4 members (excludes halogenated alkanes) is 13. The maximum atomic E-state index is 13.0. The number of rotatable bonds is 19. The second-order valence-corrected chi connectivity index (χ2v) is 14.3. The van der Waals surface area contributed by atoms with Crippen LogP contribution in [0.2, 0.25) is 0 Å². The smallest absolute Gasteiger partial charge is 0.214 e. The summed E-state index contributed by atoms with van der Waals surface area (Å²) >= 11 is 1.42. The molecule has 0 saturated carbocycles. The molecule has 1 aliphatic rings. The molecule has 3 rings (SSSR count). The second kappa shape index (κ2) is 17.3. The van der Waals surface area contributed by atoms with Crippen molar-refractivity contribution in [2.75, 3.05) is 30.3 Å². The minimum atomic E-state index is -3.20. The Morgan fingerprint density at radius 3 is 1.97 bits per heavy atom. The molecular formula is C31H52N4O2S2. The van der Waals surface area contributed by atoms with E-state index in [4.69, 9.17) is 4.98 Å². The van der Waals surface area contributed by atoms with Gasteiger partial charge in [-0.3, -0.25) is 0 Å². The van der Waals surface area contributed by atoms with Gasteiger partial charge in [0.25, 0.3) is 0 Å². The average molecular weight is 577 g/mol. The first-order valence-corrected chi connectivity index (χ1v) is 17.9. The van der Waals surface area contributed by atoms with E-state index in [1.807, 2.05) is 0 Å². The summed E-state index contributed by atoms with van der Waals surface area (Å²) in [4.78, 5) is 6.99. The minimum Gasteiger partial charge on any atom is -0.342 e. The molecule has 0 spiro atoms. The third-order valence-electron chi connectivity index (χ3n) is 7.93. The summed E-state index contributed by atoms with van der Waals surface area (Å²) in [6.07, 6.45) is 18.6. The first-order chi connectivity index (χ1) is 18.9. The van der Waals surface area contributed by atoms with Gasteiger partial charge in [-0.25, -0.2) is 13.4 Å². The van der Waals surface area contributed by atoms with E-state index in [1.165, 1.54) is 93.3 Å². The fraction of sp³-hybridized carbons (Fsp3) is 0.742. The van der Waals surface area contributed by atoms with E-state index in [-0.39, 0.29) is 11.8 Å². The van der Waals surface area contributed by atoms with E-state index >= 15 is 0 Å². The SMILES string of the molecule is CCCCCCCCCCCCCCCCS(=O)(=O)N1CCN(c2nc(Cc3ccc(C)cc3)ns2)C(C)C1. The van der Waals surface area contributed by atoms with Crippen molar-refractivity contribution < 1.29 is 8.42 Å². The predicted octanol–water partition coefficient (Wildman–Crippen LogP) is 7.76. The maximum absolute atomic E-state index is 13.0. The lowest BCUT2D eigenvalue weighted by Crippen LogP contribution is -2.54. The number of piperazine rings is 1. The van der Waals surface area contributed by atoms with Gasteiger partial charge in [0, 0.05) is 43.6 Å². The van der Waals surface area contributed by atoms with Crippen LogP contribution in [-0.4, -0.2) is 53.5 Å². The van der Waals surface area contributed by atoms with Crippen LogP contribution in [-0.2, 0) is 16.4 Å². The van der Waals surface area contributed by atoms with Crippen LogP contribution in [0, 0.1) is 6.92 Å². The Morgan fingerprint density at radius 2 is 1.41 bits per heavy atom. The highest BCUT2D eigenvalue weighted by atomic mass is 32.2. The van der Waals surface area contributed by atoms with Crippen molar-refractivity contribution >= 4 is 26.7 Å². The van der Waals surface area contributed by atoms with Gasteiger partial charge in [0.2, 0.25) is 15.2 Å². The molecule has 1 aliphatic heterocycles. The van der Waals surface area contributed by atoms with Crippen molar-refractivity contribution in [1.29, 1.82) is 0 Å². The van der Waals surface area contributed by atoms with Crippen LogP contribution in [0.5, 0.6) is 0 Å². The maximum Gasteiger partial charge on any atom is 0.214 e. The Morgan fingerprint density at radius 1 is 0.846 bits per heavy atom. The zero-order valence-electron chi connectivity index (χ0n) is 24.7. The number of nitrogens with zero attached hydrogens (tertiary/aromatic N) is 4. The van der Waals surface area contributed by atoms with Gasteiger partial charge in [0.05, 0.1) is 5.75 Å². The van der Waals surface area contributed by atoms with Gasteiger partial charge in [-0.2, -0.15) is 8.68 Å². The van der Waals surface area contributed by atoms with Crippen LogP contribution >= 0.6 is 11.5 Å². The van der Waals surface area contributed by atoms with Crippen molar-refractivity contribution in [3.63, 3.8) is 0 Å². The number of sulfonamides is 1. The van der Waals surface area contributed by atoms with Crippen LogP contribution in [0.25, 0.3) is 0 Å². The summed E-state index contributed by atoms with van der Waals surface area (Å²) in [5.41, 5.74) is 2.45. The first-order valence-electron chi connectivity index (χ1n) is 15.5. The van der Waals surface area contributed by atoms with Gasteiger partial charge in [0.1, 0.15) is 5.82 Å². The molecule has 0 radical (unpaired) electrons. The molecule has 0 N–H and O–H groups in total. The van der Waals surface area contributed by atoms with Crippen molar-refractivity contribution in [3.8, 4) is 0 Å². The molecule has 0 bridgehead atoms. The number of hydrogen-bond donors (Lipinski definition) is 0. The van der Waals surface area contributed by atoms with Gasteiger partial charge < -0.3 is 4.90 Å². The Hall–Kier alpha value is -1.51. The van der Waals surface area contributed by atoms with Crippen LogP contribution in [0.15, 0.2) is 24.3 Å².